The van der Waals surface area contributed by atoms with Gasteiger partial charge in [0.1, 0.15) is 0 Å². The summed E-state index contributed by atoms with van der Waals surface area (Å²) in [5, 5.41) is 1.04. The minimum Gasteiger partial charge on any atom is -0.354 e. The molecule has 0 spiro atoms. The van der Waals surface area contributed by atoms with E-state index in [-0.39, 0.29) is 0 Å². The van der Waals surface area contributed by atoms with Crippen LogP contribution in [-0.4, -0.2) is 61.5 Å². The van der Waals surface area contributed by atoms with E-state index in [9.17, 15) is 4.79 Å². The first-order valence-electron chi connectivity index (χ1n) is 7.08. The molecule has 6 heteroatoms. The number of hydrogen-bond donors (Lipinski definition) is 0. The summed E-state index contributed by atoms with van der Waals surface area (Å²) < 4.78 is 0. The average molecular weight is 296 g/mol. The first-order chi connectivity index (χ1) is 9.49. The van der Waals surface area contributed by atoms with E-state index in [0.29, 0.717) is 18.2 Å². The number of hydrogen-bond acceptors (Lipinski definition) is 5. The molecule has 1 aromatic heterocycles. The minimum atomic E-state index is 0.304. The molecule has 2 rings (SSSR count). The van der Waals surface area contributed by atoms with Crippen molar-refractivity contribution in [2.45, 2.75) is 19.9 Å². The van der Waals surface area contributed by atoms with Crippen molar-refractivity contribution >= 4 is 22.4 Å². The van der Waals surface area contributed by atoms with Crippen molar-refractivity contribution in [3.63, 3.8) is 0 Å². The number of thiazole rings is 1. The molecular formula is C14H24N4OS. The highest BCUT2D eigenvalue weighted by atomic mass is 32.1. The van der Waals surface area contributed by atoms with E-state index in [1.165, 1.54) is 4.88 Å². The number of nitrogens with zero attached hydrogens (tertiary/aromatic N) is 4. The zero-order valence-corrected chi connectivity index (χ0v) is 13.6. The van der Waals surface area contributed by atoms with Gasteiger partial charge in [-0.15, -0.1) is 11.3 Å². The summed E-state index contributed by atoms with van der Waals surface area (Å²) in [6.07, 6.45) is 2.65. The van der Waals surface area contributed by atoms with Gasteiger partial charge in [0.15, 0.2) is 5.13 Å². The second kappa shape index (κ2) is 6.54. The summed E-state index contributed by atoms with van der Waals surface area (Å²) >= 11 is 1.73. The Labute approximate surface area is 125 Å². The third-order valence-corrected chi connectivity index (χ3v) is 4.75. The predicted octanol–water partition coefficient (Wildman–Crippen LogP) is 1.51. The van der Waals surface area contributed by atoms with E-state index < -0.39 is 0 Å². The Hall–Kier alpha value is -1.14. The Balaban J connectivity index is 1.83. The van der Waals surface area contributed by atoms with Gasteiger partial charge in [-0.25, -0.2) is 4.98 Å². The molecule has 0 aromatic carbocycles. The molecule has 0 saturated carbocycles. The molecule has 0 bridgehead atoms. The molecular weight excluding hydrogens is 272 g/mol. The van der Waals surface area contributed by atoms with Gasteiger partial charge in [0.25, 0.3) is 0 Å². The van der Waals surface area contributed by atoms with Gasteiger partial charge in [0, 0.05) is 57.8 Å². The Kier molecular flexibility index (Phi) is 4.99. The van der Waals surface area contributed by atoms with Crippen LogP contribution in [0.1, 0.15) is 18.2 Å². The van der Waals surface area contributed by atoms with Gasteiger partial charge < -0.3 is 14.7 Å². The monoisotopic (exact) mass is 296 g/mol. The van der Waals surface area contributed by atoms with E-state index in [1.807, 2.05) is 37.0 Å². The Morgan fingerprint density at radius 2 is 2.20 bits per heavy atom. The van der Waals surface area contributed by atoms with Crippen molar-refractivity contribution in [3.8, 4) is 0 Å². The number of carbonyl (C=O) groups excluding carboxylic acids is 1. The van der Waals surface area contributed by atoms with Crippen molar-refractivity contribution in [1.29, 1.82) is 0 Å². The van der Waals surface area contributed by atoms with E-state index >= 15 is 0 Å². The maximum Gasteiger partial charge on any atom is 0.222 e. The second-order valence-corrected chi connectivity index (χ2v) is 6.80. The molecule has 20 heavy (non-hydrogen) atoms. The van der Waals surface area contributed by atoms with Crippen LogP contribution in [0.25, 0.3) is 0 Å². The maximum atomic E-state index is 11.7. The van der Waals surface area contributed by atoms with Crippen LogP contribution in [0.3, 0.4) is 0 Å². The minimum absolute atomic E-state index is 0.304. The molecule has 1 aromatic rings. The highest BCUT2D eigenvalue weighted by Gasteiger charge is 2.28. The van der Waals surface area contributed by atoms with Gasteiger partial charge in [0.2, 0.25) is 5.91 Å². The molecule has 1 aliphatic rings. The maximum absolute atomic E-state index is 11.7. The topological polar surface area (TPSA) is 39.7 Å². The van der Waals surface area contributed by atoms with Crippen LogP contribution < -0.4 is 4.90 Å². The number of rotatable bonds is 6. The van der Waals surface area contributed by atoms with E-state index in [1.54, 1.807) is 11.3 Å². The van der Waals surface area contributed by atoms with E-state index in [0.717, 1.165) is 31.3 Å². The summed E-state index contributed by atoms with van der Waals surface area (Å²) in [6.45, 7) is 5.66. The number of anilines is 1. The van der Waals surface area contributed by atoms with Gasteiger partial charge >= 0.3 is 0 Å². The van der Waals surface area contributed by atoms with Crippen molar-refractivity contribution in [3.05, 3.63) is 11.1 Å². The lowest BCUT2D eigenvalue weighted by Gasteiger charge is -2.20. The number of likely N-dealkylation sites (tertiary alicyclic amines) is 1. The molecule has 1 saturated heterocycles. The van der Waals surface area contributed by atoms with Crippen LogP contribution in [0.4, 0.5) is 5.13 Å². The fourth-order valence-corrected chi connectivity index (χ4v) is 3.54. The summed E-state index contributed by atoms with van der Waals surface area (Å²) in [5.41, 5.74) is 0. The van der Waals surface area contributed by atoms with Crippen LogP contribution >= 0.6 is 11.3 Å². The van der Waals surface area contributed by atoms with Crippen LogP contribution in [-0.2, 0) is 11.3 Å². The zero-order valence-electron chi connectivity index (χ0n) is 12.8. The molecule has 0 N–H and O–H groups in total. The SMILES string of the molecule is CCN1CC(CN(C)Cc2cnc(N(C)C)s2)CC1=O. The van der Waals surface area contributed by atoms with E-state index in [4.69, 9.17) is 0 Å². The van der Waals surface area contributed by atoms with E-state index in [2.05, 4.69) is 16.9 Å². The summed E-state index contributed by atoms with van der Waals surface area (Å²) in [7, 11) is 6.14. The van der Waals surface area contributed by atoms with Gasteiger partial charge in [-0.2, -0.15) is 0 Å². The van der Waals surface area contributed by atoms with Crippen molar-refractivity contribution < 1.29 is 4.79 Å². The highest BCUT2D eigenvalue weighted by Crippen LogP contribution is 2.23. The molecule has 0 aliphatic carbocycles. The molecule has 1 aliphatic heterocycles. The lowest BCUT2D eigenvalue weighted by Crippen LogP contribution is -2.28. The van der Waals surface area contributed by atoms with Crippen LogP contribution in [0, 0.1) is 5.92 Å². The highest BCUT2D eigenvalue weighted by molar-refractivity contribution is 7.15. The summed E-state index contributed by atoms with van der Waals surface area (Å²) in [5.74, 6) is 0.771. The molecule has 1 unspecified atom stereocenters. The zero-order chi connectivity index (χ0) is 14.7. The quantitative estimate of drug-likeness (QED) is 0.798. The van der Waals surface area contributed by atoms with Gasteiger partial charge in [-0.05, 0) is 19.9 Å². The smallest absolute Gasteiger partial charge is 0.222 e. The van der Waals surface area contributed by atoms with Crippen molar-refractivity contribution in [2.75, 3.05) is 45.7 Å². The third-order valence-electron chi connectivity index (χ3n) is 3.60. The fraction of sp³-hybridized carbons (Fsp3) is 0.714. The Bertz CT molecular complexity index is 460. The van der Waals surface area contributed by atoms with Crippen LogP contribution in [0.5, 0.6) is 0 Å². The third kappa shape index (κ3) is 3.70. The largest absolute Gasteiger partial charge is 0.354 e. The summed E-state index contributed by atoms with van der Waals surface area (Å²) in [6, 6.07) is 0. The van der Waals surface area contributed by atoms with Crippen molar-refractivity contribution in [1.82, 2.24) is 14.8 Å². The second-order valence-electron chi connectivity index (χ2n) is 5.70. The Morgan fingerprint density at radius 1 is 1.45 bits per heavy atom. The standard InChI is InChI=1S/C14H24N4OS/c1-5-18-9-11(6-13(18)19)8-17(4)10-12-7-15-14(20-12)16(2)3/h7,11H,5-6,8-10H2,1-4H3. The molecule has 1 amide bonds. The number of aromatic nitrogens is 1. The molecule has 1 atom stereocenters. The van der Waals surface area contributed by atoms with Gasteiger partial charge in [0.05, 0.1) is 0 Å². The lowest BCUT2D eigenvalue weighted by molar-refractivity contribution is -0.127. The fourth-order valence-electron chi connectivity index (χ4n) is 2.63. The first-order valence-corrected chi connectivity index (χ1v) is 7.89. The predicted molar refractivity (Wildman–Crippen MR) is 83.1 cm³/mol. The molecule has 1 fully saturated rings. The summed E-state index contributed by atoms with van der Waals surface area (Å²) in [4.78, 5) is 23.7. The van der Waals surface area contributed by atoms with Crippen LogP contribution in [0.2, 0.25) is 0 Å². The number of carbonyl (C=O) groups is 1. The van der Waals surface area contributed by atoms with Gasteiger partial charge in [-0.3, -0.25) is 4.79 Å². The molecule has 112 valence electrons. The van der Waals surface area contributed by atoms with Gasteiger partial charge in [-0.1, -0.05) is 0 Å². The molecule has 2 heterocycles. The number of amides is 1. The lowest BCUT2D eigenvalue weighted by atomic mass is 10.1. The van der Waals surface area contributed by atoms with Crippen LogP contribution in [0.15, 0.2) is 6.20 Å². The molecule has 0 radical (unpaired) electrons. The average Bonchev–Trinajstić information content (AvgIpc) is 2.96. The molecule has 5 nitrogen and oxygen atoms in total. The van der Waals surface area contributed by atoms with Crippen molar-refractivity contribution in [2.24, 2.45) is 5.92 Å². The Morgan fingerprint density at radius 3 is 2.75 bits per heavy atom. The normalized spacial score (nSPS) is 19.1. The first kappa shape index (κ1) is 15.3.